The number of amides is 1. The van der Waals surface area contributed by atoms with E-state index in [0.29, 0.717) is 11.4 Å². The molecule has 2 aromatic rings. The fourth-order valence-electron chi connectivity index (χ4n) is 1.27. The zero-order valence-electron chi connectivity index (χ0n) is 8.70. The highest BCUT2D eigenvalue weighted by Gasteiger charge is 2.06. The van der Waals surface area contributed by atoms with E-state index in [-0.39, 0.29) is 10.7 Å². The third kappa shape index (κ3) is 2.28. The monoisotopic (exact) mass is 247 g/mol. The van der Waals surface area contributed by atoms with Gasteiger partial charge in [0.05, 0.1) is 17.6 Å². The highest BCUT2D eigenvalue weighted by molar-refractivity contribution is 7.80. The Morgan fingerprint density at radius 3 is 2.47 bits per heavy atom. The molecule has 0 aliphatic carbocycles. The molecule has 0 bridgehead atoms. The molecule has 0 radical (unpaired) electrons. The molecule has 2 rings (SSSR count). The predicted molar refractivity (Wildman–Crippen MR) is 65.8 cm³/mol. The van der Waals surface area contributed by atoms with Gasteiger partial charge in [-0.1, -0.05) is 12.2 Å². The number of carbonyl (C=O) groups excluding carboxylic acids is 1. The molecule has 0 aliphatic heterocycles. The van der Waals surface area contributed by atoms with Crippen molar-refractivity contribution in [2.24, 2.45) is 11.5 Å². The summed E-state index contributed by atoms with van der Waals surface area (Å²) in [5.41, 5.74) is 12.0. The average Bonchev–Trinajstić information content (AvgIpc) is 2.78. The van der Waals surface area contributed by atoms with Crippen molar-refractivity contribution in [2.45, 2.75) is 0 Å². The molecule has 7 heteroatoms. The molecule has 0 spiro atoms. The van der Waals surface area contributed by atoms with E-state index in [2.05, 4.69) is 10.1 Å². The first kappa shape index (κ1) is 11.2. The van der Waals surface area contributed by atoms with Crippen LogP contribution in [0.25, 0.3) is 5.69 Å². The summed E-state index contributed by atoms with van der Waals surface area (Å²) >= 11 is 4.79. The Morgan fingerprint density at radius 1 is 1.24 bits per heavy atom. The van der Waals surface area contributed by atoms with Gasteiger partial charge < -0.3 is 11.5 Å². The zero-order chi connectivity index (χ0) is 12.4. The number of carbonyl (C=O) groups is 1. The molecule has 17 heavy (non-hydrogen) atoms. The van der Waals surface area contributed by atoms with Gasteiger partial charge in [-0.05, 0) is 18.2 Å². The second-order valence-corrected chi connectivity index (χ2v) is 3.72. The van der Waals surface area contributed by atoms with Crippen molar-refractivity contribution in [3.63, 3.8) is 0 Å². The molecule has 0 saturated carbocycles. The first-order valence-corrected chi connectivity index (χ1v) is 5.10. The molecular weight excluding hydrogens is 238 g/mol. The van der Waals surface area contributed by atoms with Gasteiger partial charge in [-0.25, -0.2) is 4.68 Å². The molecule has 86 valence electrons. The molecule has 6 nitrogen and oxygen atoms in total. The molecule has 0 unspecified atom stereocenters. The number of nitrogens with zero attached hydrogens (tertiary/aromatic N) is 3. The Hall–Kier alpha value is -2.28. The number of aromatic nitrogens is 3. The van der Waals surface area contributed by atoms with Crippen molar-refractivity contribution < 1.29 is 4.79 Å². The van der Waals surface area contributed by atoms with Gasteiger partial charge in [0.15, 0.2) is 0 Å². The molecular formula is C10H9N5OS. The van der Waals surface area contributed by atoms with Crippen molar-refractivity contribution in [1.82, 2.24) is 14.8 Å². The Labute approximate surface area is 102 Å². The van der Waals surface area contributed by atoms with Gasteiger partial charge in [-0.2, -0.15) is 5.10 Å². The first-order valence-electron chi connectivity index (χ1n) is 4.69. The maximum absolute atomic E-state index is 10.9. The fourth-order valence-corrected chi connectivity index (χ4v) is 1.39. The minimum Gasteiger partial charge on any atom is -0.388 e. The lowest BCUT2D eigenvalue weighted by Gasteiger charge is -2.01. The van der Waals surface area contributed by atoms with Crippen LogP contribution in [0, 0.1) is 0 Å². The molecule has 0 aromatic carbocycles. The molecule has 2 aromatic heterocycles. The van der Waals surface area contributed by atoms with E-state index in [0.717, 1.165) is 0 Å². The Balaban J connectivity index is 2.33. The van der Waals surface area contributed by atoms with Crippen molar-refractivity contribution >= 4 is 23.1 Å². The molecule has 0 aliphatic rings. The number of pyridine rings is 1. The number of thiocarbonyl (C=S) groups is 1. The van der Waals surface area contributed by atoms with Crippen LogP contribution in [-0.2, 0) is 0 Å². The van der Waals surface area contributed by atoms with Gasteiger partial charge in [-0.15, -0.1) is 0 Å². The summed E-state index contributed by atoms with van der Waals surface area (Å²) in [5.74, 6) is -0.573. The van der Waals surface area contributed by atoms with Crippen molar-refractivity contribution in [3.8, 4) is 5.69 Å². The SMILES string of the molecule is NC(=O)c1ccn(-c2ccc(C(N)=S)nc2)n1. The van der Waals surface area contributed by atoms with Gasteiger partial charge in [0, 0.05) is 6.20 Å². The maximum atomic E-state index is 10.9. The second-order valence-electron chi connectivity index (χ2n) is 3.28. The highest BCUT2D eigenvalue weighted by atomic mass is 32.1. The number of primary amides is 1. The molecule has 0 saturated heterocycles. The molecule has 4 N–H and O–H groups in total. The lowest BCUT2D eigenvalue weighted by molar-refractivity contribution is 0.0995. The number of hydrogen-bond acceptors (Lipinski definition) is 4. The van der Waals surface area contributed by atoms with Crippen LogP contribution >= 0.6 is 12.2 Å². The number of nitrogens with two attached hydrogens (primary N) is 2. The van der Waals surface area contributed by atoms with Gasteiger partial charge >= 0.3 is 0 Å². The van der Waals surface area contributed by atoms with E-state index in [1.807, 2.05) is 0 Å². The summed E-state index contributed by atoms with van der Waals surface area (Å²) in [6.45, 7) is 0. The van der Waals surface area contributed by atoms with Crippen LogP contribution in [-0.4, -0.2) is 25.7 Å². The van der Waals surface area contributed by atoms with Gasteiger partial charge in [-0.3, -0.25) is 9.78 Å². The Kier molecular flexibility index (Phi) is 2.84. The minimum absolute atomic E-state index is 0.198. The third-order valence-electron chi connectivity index (χ3n) is 2.11. The maximum Gasteiger partial charge on any atom is 0.269 e. The third-order valence-corrected chi connectivity index (χ3v) is 2.32. The molecule has 0 atom stereocenters. The summed E-state index contributed by atoms with van der Waals surface area (Å²) in [7, 11) is 0. The predicted octanol–water partition coefficient (Wildman–Crippen LogP) is 0.000400. The standard InChI is InChI=1S/C10H9N5OS/c11-9(16)7-3-4-15(14-7)6-1-2-8(10(12)17)13-5-6/h1-5H,(H2,11,16)(H2,12,17). The topological polar surface area (TPSA) is 99.8 Å². The van der Waals surface area contributed by atoms with Crippen molar-refractivity contribution in [3.05, 3.63) is 42.0 Å². The fraction of sp³-hybridized carbons (Fsp3) is 0. The second kappa shape index (κ2) is 4.30. The summed E-state index contributed by atoms with van der Waals surface area (Å²) in [4.78, 5) is 15.2. The van der Waals surface area contributed by atoms with Crippen LogP contribution in [0.15, 0.2) is 30.6 Å². The average molecular weight is 247 g/mol. The molecule has 2 heterocycles. The van der Waals surface area contributed by atoms with Crippen LogP contribution in [0.4, 0.5) is 0 Å². The van der Waals surface area contributed by atoms with E-state index < -0.39 is 5.91 Å². The smallest absolute Gasteiger partial charge is 0.269 e. The quantitative estimate of drug-likeness (QED) is 0.744. The summed E-state index contributed by atoms with van der Waals surface area (Å²) in [6, 6.07) is 4.96. The summed E-state index contributed by atoms with van der Waals surface area (Å²) in [5, 5.41) is 3.99. The summed E-state index contributed by atoms with van der Waals surface area (Å²) in [6.07, 6.45) is 3.18. The largest absolute Gasteiger partial charge is 0.388 e. The number of hydrogen-bond donors (Lipinski definition) is 2. The number of rotatable bonds is 3. The Bertz CT molecular complexity index is 575. The van der Waals surface area contributed by atoms with E-state index in [4.69, 9.17) is 23.7 Å². The van der Waals surface area contributed by atoms with Crippen LogP contribution < -0.4 is 11.5 Å². The first-order chi connectivity index (χ1) is 8.08. The van der Waals surface area contributed by atoms with E-state index in [1.54, 1.807) is 24.5 Å². The zero-order valence-corrected chi connectivity index (χ0v) is 9.52. The van der Waals surface area contributed by atoms with E-state index in [1.165, 1.54) is 10.7 Å². The van der Waals surface area contributed by atoms with E-state index >= 15 is 0 Å². The lowest BCUT2D eigenvalue weighted by atomic mass is 10.3. The van der Waals surface area contributed by atoms with Crippen molar-refractivity contribution in [2.75, 3.05) is 0 Å². The molecule has 0 fully saturated rings. The van der Waals surface area contributed by atoms with Crippen LogP contribution in [0.1, 0.15) is 16.2 Å². The molecule has 1 amide bonds. The van der Waals surface area contributed by atoms with E-state index in [9.17, 15) is 4.79 Å². The summed E-state index contributed by atoms with van der Waals surface area (Å²) < 4.78 is 1.50. The van der Waals surface area contributed by atoms with Crippen LogP contribution in [0.3, 0.4) is 0 Å². The van der Waals surface area contributed by atoms with Gasteiger partial charge in [0.2, 0.25) is 0 Å². The normalized spacial score (nSPS) is 10.1. The Morgan fingerprint density at radius 2 is 2.00 bits per heavy atom. The van der Waals surface area contributed by atoms with Gasteiger partial charge in [0.25, 0.3) is 5.91 Å². The van der Waals surface area contributed by atoms with Crippen molar-refractivity contribution in [1.29, 1.82) is 0 Å². The van der Waals surface area contributed by atoms with Crippen LogP contribution in [0.5, 0.6) is 0 Å². The van der Waals surface area contributed by atoms with Crippen LogP contribution in [0.2, 0.25) is 0 Å². The lowest BCUT2D eigenvalue weighted by Crippen LogP contribution is -2.13. The van der Waals surface area contributed by atoms with Gasteiger partial charge in [0.1, 0.15) is 10.7 Å². The minimum atomic E-state index is -0.573. The highest BCUT2D eigenvalue weighted by Crippen LogP contribution is 2.07.